The Labute approximate surface area is 201 Å². The van der Waals surface area contributed by atoms with Gasteiger partial charge in [-0.2, -0.15) is 0 Å². The van der Waals surface area contributed by atoms with Crippen molar-refractivity contribution in [2.24, 2.45) is 11.8 Å². The summed E-state index contributed by atoms with van der Waals surface area (Å²) in [5, 5.41) is 12.0. The van der Waals surface area contributed by atoms with Crippen LogP contribution in [0.2, 0.25) is 0 Å². The highest BCUT2D eigenvalue weighted by molar-refractivity contribution is 5.86. The summed E-state index contributed by atoms with van der Waals surface area (Å²) in [5.41, 5.74) is 4.52. The SMILES string of the molecule is CCN(CC(C)C(=O)O)C(=O)C(CC(C)C)NC(=O)OCC1c2ccccc2-c2ccccc21. The van der Waals surface area contributed by atoms with Gasteiger partial charge in [0, 0.05) is 19.0 Å². The van der Waals surface area contributed by atoms with Gasteiger partial charge >= 0.3 is 12.1 Å². The molecule has 0 aromatic heterocycles. The molecule has 34 heavy (non-hydrogen) atoms. The summed E-state index contributed by atoms with van der Waals surface area (Å²) in [6.07, 6.45) is -0.218. The Morgan fingerprint density at radius 2 is 1.56 bits per heavy atom. The smallest absolute Gasteiger partial charge is 0.407 e. The molecule has 0 fully saturated rings. The number of ether oxygens (including phenoxy) is 1. The quantitative estimate of drug-likeness (QED) is 0.537. The van der Waals surface area contributed by atoms with E-state index in [0.29, 0.717) is 13.0 Å². The van der Waals surface area contributed by atoms with Crippen LogP contribution in [0.25, 0.3) is 11.1 Å². The lowest BCUT2D eigenvalue weighted by Crippen LogP contribution is -2.50. The second-order valence-corrected chi connectivity index (χ2v) is 9.27. The van der Waals surface area contributed by atoms with E-state index in [4.69, 9.17) is 4.74 Å². The van der Waals surface area contributed by atoms with Crippen LogP contribution in [0, 0.1) is 11.8 Å². The van der Waals surface area contributed by atoms with Crippen LogP contribution >= 0.6 is 0 Å². The van der Waals surface area contributed by atoms with E-state index in [1.807, 2.05) is 38.1 Å². The zero-order valence-electron chi connectivity index (χ0n) is 20.3. The highest BCUT2D eigenvalue weighted by atomic mass is 16.5. The lowest BCUT2D eigenvalue weighted by Gasteiger charge is -2.29. The summed E-state index contributed by atoms with van der Waals surface area (Å²) in [6, 6.07) is 15.4. The van der Waals surface area contributed by atoms with E-state index in [-0.39, 0.29) is 30.9 Å². The molecule has 2 N–H and O–H groups in total. The lowest BCUT2D eigenvalue weighted by atomic mass is 9.98. The summed E-state index contributed by atoms with van der Waals surface area (Å²) in [5.74, 6) is -1.87. The maximum Gasteiger partial charge on any atom is 0.407 e. The number of carboxylic acid groups (broad SMARTS) is 1. The Kier molecular flexibility index (Phi) is 8.31. The van der Waals surface area contributed by atoms with Crippen LogP contribution in [0.1, 0.15) is 51.2 Å². The van der Waals surface area contributed by atoms with Crippen LogP contribution in [-0.4, -0.2) is 53.7 Å². The molecular weight excluding hydrogens is 432 g/mol. The number of hydrogen-bond donors (Lipinski definition) is 2. The minimum atomic E-state index is -0.962. The lowest BCUT2D eigenvalue weighted by molar-refractivity contribution is -0.143. The third-order valence-corrected chi connectivity index (χ3v) is 6.25. The maximum absolute atomic E-state index is 13.2. The third-order valence-electron chi connectivity index (χ3n) is 6.25. The molecule has 0 saturated heterocycles. The largest absolute Gasteiger partial charge is 0.481 e. The van der Waals surface area contributed by atoms with Crippen molar-refractivity contribution in [1.29, 1.82) is 0 Å². The standard InChI is InChI=1S/C27H34N2O5/c1-5-29(15-18(4)26(31)32)25(30)24(14-17(2)3)28-27(33)34-16-23-21-12-8-6-10-19(21)20-11-7-9-13-22(20)23/h6-13,17-18,23-24H,5,14-16H2,1-4H3,(H,28,33)(H,31,32). The van der Waals surface area contributed by atoms with Crippen LogP contribution in [-0.2, 0) is 14.3 Å². The molecule has 7 heteroatoms. The fourth-order valence-electron chi connectivity index (χ4n) is 4.48. The molecule has 3 rings (SSSR count). The number of aliphatic carboxylic acids is 1. The van der Waals surface area contributed by atoms with Crippen LogP contribution < -0.4 is 5.32 Å². The molecule has 1 aliphatic carbocycles. The highest BCUT2D eigenvalue weighted by Crippen LogP contribution is 2.44. The van der Waals surface area contributed by atoms with Crippen molar-refractivity contribution >= 4 is 18.0 Å². The van der Waals surface area contributed by atoms with Gasteiger partial charge in [0.2, 0.25) is 5.91 Å². The molecular formula is C27H34N2O5. The Bertz CT molecular complexity index is 990. The van der Waals surface area contributed by atoms with Crippen molar-refractivity contribution in [2.75, 3.05) is 19.7 Å². The second-order valence-electron chi connectivity index (χ2n) is 9.27. The monoisotopic (exact) mass is 466 g/mol. The molecule has 0 saturated carbocycles. The maximum atomic E-state index is 13.2. The number of carboxylic acids is 1. The molecule has 2 aromatic rings. The summed E-state index contributed by atoms with van der Waals surface area (Å²) >= 11 is 0. The van der Waals surface area contributed by atoms with E-state index in [1.54, 1.807) is 13.8 Å². The minimum absolute atomic E-state index is 0.0686. The van der Waals surface area contributed by atoms with Crippen molar-refractivity contribution in [2.45, 2.75) is 46.1 Å². The molecule has 0 aliphatic heterocycles. The van der Waals surface area contributed by atoms with Crippen molar-refractivity contribution in [3.63, 3.8) is 0 Å². The molecule has 2 atom stereocenters. The molecule has 0 radical (unpaired) electrons. The van der Waals surface area contributed by atoms with Gasteiger partial charge in [0.25, 0.3) is 0 Å². The number of nitrogens with one attached hydrogen (secondary N) is 1. The number of likely N-dealkylation sites (N-methyl/N-ethyl adjacent to an activating group) is 1. The zero-order chi connectivity index (χ0) is 24.8. The van der Waals surface area contributed by atoms with Gasteiger partial charge in [-0.1, -0.05) is 69.3 Å². The predicted octanol–water partition coefficient (Wildman–Crippen LogP) is 4.51. The molecule has 2 unspecified atom stereocenters. The summed E-state index contributed by atoms with van der Waals surface area (Å²) in [7, 11) is 0. The number of nitrogens with zero attached hydrogens (tertiary/aromatic N) is 1. The summed E-state index contributed by atoms with van der Waals surface area (Å²) < 4.78 is 5.62. The molecule has 7 nitrogen and oxygen atoms in total. The first-order chi connectivity index (χ1) is 16.2. The van der Waals surface area contributed by atoms with Gasteiger partial charge in [-0.25, -0.2) is 4.79 Å². The van der Waals surface area contributed by atoms with E-state index >= 15 is 0 Å². The number of carbonyl (C=O) groups is 3. The van der Waals surface area contributed by atoms with Gasteiger partial charge < -0.3 is 20.1 Å². The highest BCUT2D eigenvalue weighted by Gasteiger charge is 2.31. The van der Waals surface area contributed by atoms with E-state index in [1.165, 1.54) is 4.90 Å². The van der Waals surface area contributed by atoms with Crippen molar-refractivity contribution < 1.29 is 24.2 Å². The van der Waals surface area contributed by atoms with Gasteiger partial charge in [-0.15, -0.1) is 0 Å². The van der Waals surface area contributed by atoms with Crippen LogP contribution in [0.4, 0.5) is 4.79 Å². The molecule has 182 valence electrons. The third kappa shape index (κ3) is 5.76. The van der Waals surface area contributed by atoms with Crippen LogP contribution in [0.3, 0.4) is 0 Å². The first-order valence-corrected chi connectivity index (χ1v) is 11.9. The molecule has 0 bridgehead atoms. The van der Waals surface area contributed by atoms with Gasteiger partial charge in [0.05, 0.1) is 5.92 Å². The minimum Gasteiger partial charge on any atom is -0.481 e. The average Bonchev–Trinajstić information content (AvgIpc) is 3.13. The van der Waals surface area contributed by atoms with E-state index in [9.17, 15) is 19.5 Å². The number of hydrogen-bond acceptors (Lipinski definition) is 4. The topological polar surface area (TPSA) is 95.9 Å². The predicted molar refractivity (Wildman–Crippen MR) is 131 cm³/mol. The number of fused-ring (bicyclic) bond motifs is 3. The van der Waals surface area contributed by atoms with Gasteiger partial charge in [-0.3, -0.25) is 9.59 Å². The van der Waals surface area contributed by atoms with Crippen LogP contribution in [0.5, 0.6) is 0 Å². The molecule has 0 spiro atoms. The summed E-state index contributed by atoms with van der Waals surface area (Å²) in [6.45, 7) is 7.91. The fourth-order valence-corrected chi connectivity index (χ4v) is 4.48. The number of carbonyl (C=O) groups excluding carboxylic acids is 2. The van der Waals surface area contributed by atoms with Crippen molar-refractivity contribution in [3.05, 3.63) is 59.7 Å². The number of benzene rings is 2. The molecule has 2 aromatic carbocycles. The number of amides is 2. The van der Waals surface area contributed by atoms with Crippen molar-refractivity contribution in [3.8, 4) is 11.1 Å². The number of alkyl carbamates (subject to hydrolysis) is 1. The Hall–Kier alpha value is -3.35. The van der Waals surface area contributed by atoms with Gasteiger partial charge in [0.1, 0.15) is 12.6 Å². The Morgan fingerprint density at radius 3 is 2.06 bits per heavy atom. The van der Waals surface area contributed by atoms with E-state index < -0.39 is 24.0 Å². The van der Waals surface area contributed by atoms with E-state index in [2.05, 4.69) is 29.6 Å². The van der Waals surface area contributed by atoms with Gasteiger partial charge in [-0.05, 0) is 41.5 Å². The molecule has 2 amide bonds. The first-order valence-electron chi connectivity index (χ1n) is 11.9. The van der Waals surface area contributed by atoms with Gasteiger partial charge in [0.15, 0.2) is 0 Å². The molecule has 1 aliphatic rings. The molecule has 0 heterocycles. The normalized spacial score (nSPS) is 14.1. The Morgan fingerprint density at radius 1 is 1.00 bits per heavy atom. The fraction of sp³-hybridized carbons (Fsp3) is 0.444. The average molecular weight is 467 g/mol. The first kappa shape index (κ1) is 25.3. The Balaban J connectivity index is 1.68. The zero-order valence-corrected chi connectivity index (χ0v) is 20.3. The van der Waals surface area contributed by atoms with Crippen LogP contribution in [0.15, 0.2) is 48.5 Å². The van der Waals surface area contributed by atoms with Crippen molar-refractivity contribution in [1.82, 2.24) is 10.2 Å². The second kappa shape index (κ2) is 11.2. The summed E-state index contributed by atoms with van der Waals surface area (Å²) in [4.78, 5) is 38.7. The van der Waals surface area contributed by atoms with E-state index in [0.717, 1.165) is 22.3 Å². The number of rotatable bonds is 10.